The standard InChI is InChI=1S/C13H26N2O/c1-11-6-4-3-5-7-15(11)9-13(2)10-16-8-12(13)14/h11-12H,3-10,14H2,1-2H3. The topological polar surface area (TPSA) is 38.5 Å². The molecule has 3 heteroatoms. The molecule has 16 heavy (non-hydrogen) atoms. The van der Waals surface area contributed by atoms with Crippen molar-refractivity contribution in [2.24, 2.45) is 11.1 Å². The predicted octanol–water partition coefficient (Wildman–Crippen LogP) is 1.61. The van der Waals surface area contributed by atoms with E-state index in [1.807, 2.05) is 0 Å². The molecule has 0 spiro atoms. The van der Waals surface area contributed by atoms with Crippen molar-refractivity contribution in [2.45, 2.75) is 51.6 Å². The highest BCUT2D eigenvalue weighted by Gasteiger charge is 2.39. The minimum atomic E-state index is 0.165. The molecule has 0 saturated carbocycles. The normalized spacial score (nSPS) is 42.2. The number of likely N-dealkylation sites (tertiary alicyclic amines) is 1. The van der Waals surface area contributed by atoms with Crippen molar-refractivity contribution in [3.63, 3.8) is 0 Å². The molecule has 2 heterocycles. The highest BCUT2D eigenvalue weighted by Crippen LogP contribution is 2.30. The Bertz CT molecular complexity index is 234. The quantitative estimate of drug-likeness (QED) is 0.777. The fourth-order valence-electron chi connectivity index (χ4n) is 2.92. The van der Waals surface area contributed by atoms with Crippen LogP contribution in [0.4, 0.5) is 0 Å². The summed E-state index contributed by atoms with van der Waals surface area (Å²) < 4.78 is 5.53. The predicted molar refractivity (Wildman–Crippen MR) is 66.4 cm³/mol. The molecule has 0 radical (unpaired) electrons. The van der Waals surface area contributed by atoms with Crippen molar-refractivity contribution in [1.82, 2.24) is 4.90 Å². The third kappa shape index (κ3) is 2.58. The zero-order valence-corrected chi connectivity index (χ0v) is 10.7. The van der Waals surface area contributed by atoms with E-state index < -0.39 is 0 Å². The van der Waals surface area contributed by atoms with Crippen LogP contribution in [0.15, 0.2) is 0 Å². The Morgan fingerprint density at radius 1 is 1.38 bits per heavy atom. The largest absolute Gasteiger partial charge is 0.379 e. The molecule has 3 unspecified atom stereocenters. The van der Waals surface area contributed by atoms with Crippen LogP contribution < -0.4 is 5.73 Å². The molecule has 0 aliphatic carbocycles. The molecular weight excluding hydrogens is 200 g/mol. The van der Waals surface area contributed by atoms with E-state index in [9.17, 15) is 0 Å². The molecule has 0 amide bonds. The molecule has 2 aliphatic rings. The van der Waals surface area contributed by atoms with Crippen molar-refractivity contribution in [2.75, 3.05) is 26.3 Å². The molecule has 2 rings (SSSR count). The Labute approximate surface area is 99.3 Å². The van der Waals surface area contributed by atoms with Gasteiger partial charge in [-0.05, 0) is 26.3 Å². The smallest absolute Gasteiger partial charge is 0.0624 e. The van der Waals surface area contributed by atoms with Gasteiger partial charge in [0.15, 0.2) is 0 Å². The minimum Gasteiger partial charge on any atom is -0.379 e. The zero-order valence-electron chi connectivity index (χ0n) is 10.7. The summed E-state index contributed by atoms with van der Waals surface area (Å²) in [6.07, 6.45) is 5.46. The molecule has 3 atom stereocenters. The van der Waals surface area contributed by atoms with Crippen molar-refractivity contribution < 1.29 is 4.74 Å². The molecule has 0 bridgehead atoms. The van der Waals surface area contributed by atoms with Gasteiger partial charge >= 0.3 is 0 Å². The van der Waals surface area contributed by atoms with Crippen molar-refractivity contribution in [3.8, 4) is 0 Å². The second kappa shape index (κ2) is 5.03. The maximum atomic E-state index is 6.16. The van der Waals surface area contributed by atoms with Gasteiger partial charge in [0.25, 0.3) is 0 Å². The first-order chi connectivity index (χ1) is 7.62. The summed E-state index contributed by atoms with van der Waals surface area (Å²) in [6.45, 7) is 8.55. The van der Waals surface area contributed by atoms with Gasteiger partial charge in [-0.15, -0.1) is 0 Å². The van der Waals surface area contributed by atoms with Crippen LogP contribution in [0.3, 0.4) is 0 Å². The van der Waals surface area contributed by atoms with Gasteiger partial charge in [-0.2, -0.15) is 0 Å². The van der Waals surface area contributed by atoms with Crippen molar-refractivity contribution in [1.29, 1.82) is 0 Å². The van der Waals surface area contributed by atoms with E-state index in [1.165, 1.54) is 32.2 Å². The van der Waals surface area contributed by atoms with E-state index in [0.29, 0.717) is 6.04 Å². The van der Waals surface area contributed by atoms with Crippen LogP contribution in [0.5, 0.6) is 0 Å². The molecule has 0 aromatic heterocycles. The van der Waals surface area contributed by atoms with Gasteiger partial charge in [-0.3, -0.25) is 4.90 Å². The number of ether oxygens (including phenoxy) is 1. The SMILES string of the molecule is CC1CCCCCN1CC1(C)COCC1N. The first-order valence-corrected chi connectivity index (χ1v) is 6.69. The Balaban J connectivity index is 1.96. The lowest BCUT2D eigenvalue weighted by Crippen LogP contribution is -2.49. The van der Waals surface area contributed by atoms with E-state index >= 15 is 0 Å². The average Bonchev–Trinajstić information content (AvgIpc) is 2.45. The number of nitrogens with two attached hydrogens (primary N) is 1. The summed E-state index contributed by atoms with van der Waals surface area (Å²) in [7, 11) is 0. The summed E-state index contributed by atoms with van der Waals surface area (Å²) >= 11 is 0. The average molecular weight is 226 g/mol. The molecule has 0 aromatic rings. The third-order valence-electron chi connectivity index (χ3n) is 4.38. The van der Waals surface area contributed by atoms with Crippen LogP contribution in [0.2, 0.25) is 0 Å². The van der Waals surface area contributed by atoms with Crippen molar-refractivity contribution in [3.05, 3.63) is 0 Å². The van der Waals surface area contributed by atoms with Gasteiger partial charge in [0.1, 0.15) is 0 Å². The maximum Gasteiger partial charge on any atom is 0.0624 e. The van der Waals surface area contributed by atoms with E-state index in [1.54, 1.807) is 0 Å². The van der Waals surface area contributed by atoms with Gasteiger partial charge in [0.2, 0.25) is 0 Å². The summed E-state index contributed by atoms with van der Waals surface area (Å²) in [4.78, 5) is 2.63. The number of rotatable bonds is 2. The van der Waals surface area contributed by atoms with E-state index in [4.69, 9.17) is 10.5 Å². The van der Waals surface area contributed by atoms with E-state index in [0.717, 1.165) is 19.8 Å². The summed E-state index contributed by atoms with van der Waals surface area (Å²) in [5.74, 6) is 0. The summed E-state index contributed by atoms with van der Waals surface area (Å²) in [5, 5.41) is 0. The number of hydrogen-bond donors (Lipinski definition) is 1. The molecular formula is C13H26N2O. The first kappa shape index (κ1) is 12.3. The maximum absolute atomic E-state index is 6.16. The number of hydrogen-bond acceptors (Lipinski definition) is 3. The second-order valence-electron chi connectivity index (χ2n) is 5.94. The minimum absolute atomic E-state index is 0.165. The lowest BCUT2D eigenvalue weighted by molar-refractivity contribution is 0.0992. The van der Waals surface area contributed by atoms with Crippen LogP contribution in [-0.2, 0) is 4.74 Å². The molecule has 3 nitrogen and oxygen atoms in total. The van der Waals surface area contributed by atoms with Crippen LogP contribution in [0.25, 0.3) is 0 Å². The molecule has 2 saturated heterocycles. The Hall–Kier alpha value is -0.120. The van der Waals surface area contributed by atoms with Gasteiger partial charge in [-0.25, -0.2) is 0 Å². The highest BCUT2D eigenvalue weighted by molar-refractivity contribution is 4.93. The zero-order chi connectivity index (χ0) is 11.6. The van der Waals surface area contributed by atoms with Gasteiger partial charge in [0, 0.05) is 24.0 Å². The van der Waals surface area contributed by atoms with Crippen LogP contribution in [-0.4, -0.2) is 43.3 Å². The fraction of sp³-hybridized carbons (Fsp3) is 1.00. The Morgan fingerprint density at radius 2 is 2.19 bits per heavy atom. The lowest BCUT2D eigenvalue weighted by atomic mass is 9.85. The fourth-order valence-corrected chi connectivity index (χ4v) is 2.92. The molecule has 2 N–H and O–H groups in total. The van der Waals surface area contributed by atoms with Crippen molar-refractivity contribution >= 4 is 0 Å². The molecule has 94 valence electrons. The van der Waals surface area contributed by atoms with Gasteiger partial charge in [0.05, 0.1) is 13.2 Å². The van der Waals surface area contributed by atoms with Crippen LogP contribution in [0, 0.1) is 5.41 Å². The monoisotopic (exact) mass is 226 g/mol. The van der Waals surface area contributed by atoms with Crippen LogP contribution >= 0.6 is 0 Å². The van der Waals surface area contributed by atoms with Gasteiger partial charge in [-0.1, -0.05) is 19.8 Å². The molecule has 0 aromatic carbocycles. The van der Waals surface area contributed by atoms with E-state index in [2.05, 4.69) is 18.7 Å². The Morgan fingerprint density at radius 3 is 2.88 bits per heavy atom. The van der Waals surface area contributed by atoms with Gasteiger partial charge < -0.3 is 10.5 Å². The highest BCUT2D eigenvalue weighted by atomic mass is 16.5. The second-order valence-corrected chi connectivity index (χ2v) is 5.94. The Kier molecular flexibility index (Phi) is 3.88. The molecule has 2 aliphatic heterocycles. The summed E-state index contributed by atoms with van der Waals surface area (Å²) in [6, 6.07) is 0.926. The first-order valence-electron chi connectivity index (χ1n) is 6.69. The third-order valence-corrected chi connectivity index (χ3v) is 4.38. The molecule has 2 fully saturated rings. The lowest BCUT2D eigenvalue weighted by Gasteiger charge is -2.36. The number of nitrogens with zero attached hydrogens (tertiary/aromatic N) is 1. The van der Waals surface area contributed by atoms with Crippen LogP contribution in [0.1, 0.15) is 39.5 Å². The van der Waals surface area contributed by atoms with E-state index in [-0.39, 0.29) is 11.5 Å². The summed E-state index contributed by atoms with van der Waals surface area (Å²) in [5.41, 5.74) is 6.33.